The lowest BCUT2D eigenvalue weighted by molar-refractivity contribution is -0.372. The molecule has 8 heteroatoms. The quantitative estimate of drug-likeness (QED) is 0.130. The topological polar surface area (TPSA) is 89.5 Å². The van der Waals surface area contributed by atoms with E-state index in [1.165, 1.54) is 63.9 Å². The van der Waals surface area contributed by atoms with Crippen LogP contribution in [-0.2, 0) is 44.6 Å². The molecule has 14 atom stereocenters. The van der Waals surface area contributed by atoms with Crippen LogP contribution in [-0.4, -0.2) is 55.2 Å². The summed E-state index contributed by atoms with van der Waals surface area (Å²) in [7, 11) is 0. The molecule has 3 saturated carbocycles. The van der Waals surface area contributed by atoms with Crippen molar-refractivity contribution in [1.82, 2.24) is 0 Å². The number of ketones is 1. The molecule has 0 aromatic heterocycles. The minimum Gasteiger partial charge on any atom is -0.454 e. The van der Waals surface area contributed by atoms with Gasteiger partial charge in [0.15, 0.2) is 18.7 Å². The molecule has 60 heavy (non-hydrogen) atoms. The molecule has 2 heterocycles. The van der Waals surface area contributed by atoms with Gasteiger partial charge in [-0.25, -0.2) is 0 Å². The summed E-state index contributed by atoms with van der Waals surface area (Å²) in [4.78, 5) is 25.4. The van der Waals surface area contributed by atoms with Gasteiger partial charge in [-0.3, -0.25) is 4.79 Å². The zero-order valence-electron chi connectivity index (χ0n) is 37.2. The van der Waals surface area contributed by atoms with E-state index in [2.05, 4.69) is 40.7 Å². The van der Waals surface area contributed by atoms with Crippen molar-refractivity contribution in [1.29, 1.82) is 0 Å². The number of fused-ring (bicyclic) bond motifs is 6. The van der Waals surface area contributed by atoms with Crippen molar-refractivity contribution < 1.29 is 38.0 Å². The van der Waals surface area contributed by atoms with Gasteiger partial charge < -0.3 is 33.2 Å². The normalized spacial score (nSPS) is 37.9. The number of rotatable bonds is 15. The Morgan fingerprint density at radius 3 is 2.37 bits per heavy atom. The van der Waals surface area contributed by atoms with Crippen LogP contribution >= 0.6 is 0 Å². The number of esters is 1. The molecule has 0 amide bonds. The van der Waals surface area contributed by atoms with Crippen molar-refractivity contribution in [2.24, 2.45) is 46.3 Å². The summed E-state index contributed by atoms with van der Waals surface area (Å²) in [6.45, 7) is 14.6. The van der Waals surface area contributed by atoms with Gasteiger partial charge in [-0.05, 0) is 110 Å². The van der Waals surface area contributed by atoms with E-state index in [4.69, 9.17) is 28.4 Å². The van der Waals surface area contributed by atoms with Crippen LogP contribution in [0.4, 0.5) is 0 Å². The van der Waals surface area contributed by atoms with Crippen LogP contribution < -0.4 is 0 Å². The molecule has 2 aromatic carbocycles. The van der Waals surface area contributed by atoms with Gasteiger partial charge in [0.25, 0.3) is 0 Å². The fourth-order valence-corrected chi connectivity index (χ4v) is 13.0. The second kappa shape index (κ2) is 18.8. The van der Waals surface area contributed by atoms with Crippen LogP contribution in [0.3, 0.4) is 0 Å². The van der Waals surface area contributed by atoms with Crippen LogP contribution in [0.2, 0.25) is 0 Å². The van der Waals surface area contributed by atoms with E-state index in [0.717, 1.165) is 60.0 Å². The molecule has 6 aliphatic rings. The van der Waals surface area contributed by atoms with Gasteiger partial charge in [-0.1, -0.05) is 126 Å². The number of benzene rings is 2. The van der Waals surface area contributed by atoms with Gasteiger partial charge in [-0.15, -0.1) is 0 Å². The van der Waals surface area contributed by atoms with Gasteiger partial charge in [0.05, 0.1) is 25.7 Å². The zero-order valence-corrected chi connectivity index (χ0v) is 37.2. The Morgan fingerprint density at radius 1 is 0.850 bits per heavy atom. The fraction of sp³-hybridized carbons (Fsp3) is 0.692. The summed E-state index contributed by atoms with van der Waals surface area (Å²) in [6, 6.07) is 19.8. The Hall–Kier alpha value is -2.88. The summed E-state index contributed by atoms with van der Waals surface area (Å²) in [5.74, 6) is 4.18. The van der Waals surface area contributed by atoms with Crippen LogP contribution in [0, 0.1) is 46.3 Å². The number of hydrogen-bond acceptors (Lipinski definition) is 8. The molecule has 2 aliphatic heterocycles. The van der Waals surface area contributed by atoms with E-state index < -0.39 is 43.0 Å². The standard InChI is InChI=1S/C52H72O8/c1-33(2)14-13-15-34(3)41-23-24-42-40-22-21-38-30-39(26-28-51(38,5)43(40)27-29-52(41,42)6)57-50-48(59-45(54)25-20-35(4)53)47(55-31-36-16-9-7-10-17-36)46-44(58-50)32-56-49(60-46)37-18-11-8-12-19-37/h7-12,16-19,21,33-34,39-44,46-50H,13-15,20,22-32H2,1-6H3/t34-,39+,40+,41-,42+,43+,44-,46-,47+,48-,49-,50-,51+,52-/m1/s1. The van der Waals surface area contributed by atoms with E-state index in [0.29, 0.717) is 11.3 Å². The van der Waals surface area contributed by atoms with Crippen molar-refractivity contribution in [2.75, 3.05) is 6.61 Å². The number of hydrogen-bond donors (Lipinski definition) is 0. The van der Waals surface area contributed by atoms with Crippen LogP contribution in [0.1, 0.15) is 142 Å². The maximum absolute atomic E-state index is 13.5. The Labute approximate surface area is 359 Å². The monoisotopic (exact) mass is 825 g/mol. The van der Waals surface area contributed by atoms with Crippen LogP contribution in [0.25, 0.3) is 0 Å². The van der Waals surface area contributed by atoms with Crippen molar-refractivity contribution in [2.45, 2.75) is 175 Å². The number of ether oxygens (including phenoxy) is 6. The molecule has 2 saturated heterocycles. The summed E-state index contributed by atoms with van der Waals surface area (Å²) in [5.41, 5.74) is 4.05. The maximum atomic E-state index is 13.5. The number of carbonyl (C=O) groups excluding carboxylic acids is 2. The van der Waals surface area contributed by atoms with Gasteiger partial charge >= 0.3 is 5.97 Å². The molecular weight excluding hydrogens is 753 g/mol. The van der Waals surface area contributed by atoms with Crippen LogP contribution in [0.5, 0.6) is 0 Å². The third-order valence-corrected chi connectivity index (χ3v) is 16.2. The van der Waals surface area contributed by atoms with Gasteiger partial charge in [0, 0.05) is 12.0 Å². The van der Waals surface area contributed by atoms with E-state index in [1.54, 1.807) is 0 Å². The minimum atomic E-state index is -0.916. The zero-order chi connectivity index (χ0) is 42.0. The van der Waals surface area contributed by atoms with Crippen molar-refractivity contribution in [3.05, 3.63) is 83.4 Å². The van der Waals surface area contributed by atoms with E-state index >= 15 is 0 Å². The maximum Gasteiger partial charge on any atom is 0.306 e. The predicted molar refractivity (Wildman–Crippen MR) is 231 cm³/mol. The number of allylic oxidation sites excluding steroid dienone is 1. The van der Waals surface area contributed by atoms with Crippen molar-refractivity contribution in [3.63, 3.8) is 0 Å². The molecule has 5 fully saturated rings. The van der Waals surface area contributed by atoms with Gasteiger partial charge in [0.1, 0.15) is 24.1 Å². The van der Waals surface area contributed by atoms with E-state index in [9.17, 15) is 9.59 Å². The second-order valence-corrected chi connectivity index (χ2v) is 20.4. The molecule has 0 radical (unpaired) electrons. The minimum absolute atomic E-state index is 0.0241. The molecule has 328 valence electrons. The average Bonchev–Trinajstić information content (AvgIpc) is 3.60. The van der Waals surface area contributed by atoms with Crippen molar-refractivity contribution in [3.8, 4) is 0 Å². The smallest absolute Gasteiger partial charge is 0.306 e. The Kier molecular flexibility index (Phi) is 13.7. The van der Waals surface area contributed by atoms with Gasteiger partial charge in [0.2, 0.25) is 0 Å². The Bertz CT molecular complexity index is 1780. The highest BCUT2D eigenvalue weighted by Crippen LogP contribution is 2.67. The average molecular weight is 825 g/mol. The molecule has 0 unspecified atom stereocenters. The summed E-state index contributed by atoms with van der Waals surface area (Å²) in [5, 5.41) is 0. The highest BCUT2D eigenvalue weighted by molar-refractivity contribution is 5.81. The second-order valence-electron chi connectivity index (χ2n) is 20.4. The first kappa shape index (κ1) is 43.8. The summed E-state index contributed by atoms with van der Waals surface area (Å²) < 4.78 is 39.7. The molecule has 4 aliphatic carbocycles. The molecule has 8 nitrogen and oxygen atoms in total. The van der Waals surface area contributed by atoms with Crippen molar-refractivity contribution >= 4 is 11.8 Å². The van der Waals surface area contributed by atoms with Gasteiger partial charge in [-0.2, -0.15) is 0 Å². The predicted octanol–water partition coefficient (Wildman–Crippen LogP) is 11.1. The highest BCUT2D eigenvalue weighted by Gasteiger charge is 2.60. The Morgan fingerprint density at radius 2 is 1.62 bits per heavy atom. The molecule has 8 rings (SSSR count). The van der Waals surface area contributed by atoms with E-state index in [-0.39, 0.29) is 43.4 Å². The first-order valence-electron chi connectivity index (χ1n) is 23.6. The number of Topliss-reactive ketones (excluding diaryl/α,β-unsaturated/α-hetero) is 1. The molecule has 0 N–H and O–H groups in total. The summed E-state index contributed by atoms with van der Waals surface area (Å²) in [6.07, 6.45) is 11.9. The number of carbonyl (C=O) groups is 2. The lowest BCUT2D eigenvalue weighted by Crippen LogP contribution is -2.64. The molecule has 2 aromatic rings. The third-order valence-electron chi connectivity index (χ3n) is 16.2. The first-order valence-corrected chi connectivity index (χ1v) is 23.6. The lowest BCUT2D eigenvalue weighted by Gasteiger charge is -2.58. The largest absolute Gasteiger partial charge is 0.454 e. The molecule has 0 spiro atoms. The molecule has 0 bridgehead atoms. The molecular formula is C52H72O8. The highest BCUT2D eigenvalue weighted by atomic mass is 16.8. The third kappa shape index (κ3) is 9.25. The SMILES string of the molecule is CC(=O)CCC(=O)O[C@H]1[C@H](O[C@H]2CC[C@@]3(C)C(=CC[C@H]4[C@@H]5CC[C@H]([C@H](C)CCCC(C)C)[C@@]5(C)CC[C@@H]43)C2)O[C@@H]2CO[C@@H](c3ccccc3)O[C@H]2[C@@H]1OCc1ccccc1. The van der Waals surface area contributed by atoms with Crippen LogP contribution in [0.15, 0.2) is 72.3 Å². The fourth-order valence-electron chi connectivity index (χ4n) is 13.0. The van der Waals surface area contributed by atoms with E-state index in [1.807, 2.05) is 60.7 Å². The summed E-state index contributed by atoms with van der Waals surface area (Å²) >= 11 is 0. The first-order chi connectivity index (χ1) is 28.9. The Balaban J connectivity index is 0.999. The lowest BCUT2D eigenvalue weighted by atomic mass is 9.47.